The van der Waals surface area contributed by atoms with E-state index in [9.17, 15) is 4.79 Å². The molecule has 0 aliphatic rings. The first kappa shape index (κ1) is 13.5. The second kappa shape index (κ2) is 6.32. The molecule has 1 amide bonds. The lowest BCUT2D eigenvalue weighted by molar-refractivity contribution is 0.0949. The Morgan fingerprint density at radius 2 is 2.14 bits per heavy atom. The average Bonchev–Trinajstić information content (AvgIpc) is 3.19. The number of hydrogen-bond acceptors (Lipinski definition) is 4. The van der Waals surface area contributed by atoms with Crippen LogP contribution in [-0.4, -0.2) is 27.6 Å². The standard InChI is InChI=1S/C15H14N4OS/c20-15(17-7-3-11-1-5-16-6-2-11)14-9-13(18-19-14)12-4-8-21-10-12/h1-2,4-6,8-10H,3,7H2,(H,17,20)(H,18,19). The molecule has 2 N–H and O–H groups in total. The molecule has 0 saturated heterocycles. The summed E-state index contributed by atoms with van der Waals surface area (Å²) in [7, 11) is 0. The maximum Gasteiger partial charge on any atom is 0.269 e. The van der Waals surface area contributed by atoms with E-state index in [2.05, 4.69) is 20.5 Å². The lowest BCUT2D eigenvalue weighted by atomic mass is 10.2. The van der Waals surface area contributed by atoms with Crippen LogP contribution in [0.2, 0.25) is 0 Å². The molecule has 0 aliphatic heterocycles. The Kier molecular flexibility index (Phi) is 4.07. The van der Waals surface area contributed by atoms with Gasteiger partial charge >= 0.3 is 0 Å². The lowest BCUT2D eigenvalue weighted by Gasteiger charge is -2.03. The summed E-state index contributed by atoms with van der Waals surface area (Å²) in [4.78, 5) is 16.0. The van der Waals surface area contributed by atoms with Gasteiger partial charge in [0.15, 0.2) is 0 Å². The predicted molar refractivity (Wildman–Crippen MR) is 82.2 cm³/mol. The van der Waals surface area contributed by atoms with Crippen LogP contribution < -0.4 is 5.32 Å². The number of aromatic amines is 1. The molecule has 106 valence electrons. The highest BCUT2D eigenvalue weighted by Gasteiger charge is 2.10. The van der Waals surface area contributed by atoms with Crippen molar-refractivity contribution in [1.29, 1.82) is 0 Å². The Labute approximate surface area is 126 Å². The molecule has 0 aromatic carbocycles. The van der Waals surface area contributed by atoms with Gasteiger partial charge in [0.25, 0.3) is 5.91 Å². The van der Waals surface area contributed by atoms with Gasteiger partial charge in [-0.15, -0.1) is 0 Å². The van der Waals surface area contributed by atoms with Crippen molar-refractivity contribution in [3.05, 3.63) is 58.7 Å². The van der Waals surface area contributed by atoms with E-state index >= 15 is 0 Å². The zero-order valence-corrected chi connectivity index (χ0v) is 12.1. The maximum absolute atomic E-state index is 12.0. The highest BCUT2D eigenvalue weighted by atomic mass is 32.1. The number of H-pyrrole nitrogens is 1. The zero-order valence-electron chi connectivity index (χ0n) is 11.2. The van der Waals surface area contributed by atoms with Crippen molar-refractivity contribution in [1.82, 2.24) is 20.5 Å². The van der Waals surface area contributed by atoms with Gasteiger partial charge in [-0.05, 0) is 41.6 Å². The smallest absolute Gasteiger partial charge is 0.269 e. The van der Waals surface area contributed by atoms with E-state index in [4.69, 9.17) is 0 Å². The van der Waals surface area contributed by atoms with E-state index < -0.39 is 0 Å². The van der Waals surface area contributed by atoms with Crippen LogP contribution in [0.3, 0.4) is 0 Å². The molecule has 3 heterocycles. The van der Waals surface area contributed by atoms with Crippen LogP contribution in [0, 0.1) is 0 Å². The number of amides is 1. The van der Waals surface area contributed by atoms with Gasteiger partial charge < -0.3 is 5.32 Å². The zero-order chi connectivity index (χ0) is 14.5. The summed E-state index contributed by atoms with van der Waals surface area (Å²) in [6.07, 6.45) is 4.28. The van der Waals surface area contributed by atoms with Crippen molar-refractivity contribution in [2.45, 2.75) is 6.42 Å². The SMILES string of the molecule is O=C(NCCc1ccncc1)c1cc(-c2ccsc2)n[nH]1. The first-order valence-electron chi connectivity index (χ1n) is 6.58. The number of carbonyl (C=O) groups is 1. The third kappa shape index (κ3) is 3.35. The summed E-state index contributed by atoms with van der Waals surface area (Å²) in [6.45, 7) is 0.579. The van der Waals surface area contributed by atoms with Crippen LogP contribution in [0.15, 0.2) is 47.4 Å². The molecule has 3 aromatic heterocycles. The number of nitrogens with one attached hydrogen (secondary N) is 2. The minimum absolute atomic E-state index is 0.141. The Hall–Kier alpha value is -2.47. The van der Waals surface area contributed by atoms with E-state index in [0.717, 1.165) is 23.2 Å². The highest BCUT2D eigenvalue weighted by molar-refractivity contribution is 7.08. The number of pyridine rings is 1. The monoisotopic (exact) mass is 298 g/mol. The number of rotatable bonds is 5. The topological polar surface area (TPSA) is 70.7 Å². The molecule has 6 heteroatoms. The minimum Gasteiger partial charge on any atom is -0.350 e. The molecule has 3 rings (SSSR count). The molecule has 0 unspecified atom stereocenters. The number of aromatic nitrogens is 3. The van der Waals surface area contributed by atoms with Gasteiger partial charge in [0.2, 0.25) is 0 Å². The maximum atomic E-state index is 12.0. The Morgan fingerprint density at radius 3 is 2.90 bits per heavy atom. The lowest BCUT2D eigenvalue weighted by Crippen LogP contribution is -2.26. The largest absolute Gasteiger partial charge is 0.350 e. The Morgan fingerprint density at radius 1 is 1.29 bits per heavy atom. The third-order valence-corrected chi connectivity index (χ3v) is 3.77. The number of nitrogens with zero attached hydrogens (tertiary/aromatic N) is 2. The molecule has 3 aromatic rings. The van der Waals surface area contributed by atoms with E-state index in [1.807, 2.05) is 29.0 Å². The molecule has 0 radical (unpaired) electrons. The molecule has 5 nitrogen and oxygen atoms in total. The molecule has 21 heavy (non-hydrogen) atoms. The quantitative estimate of drug-likeness (QED) is 0.760. The fourth-order valence-electron chi connectivity index (χ4n) is 1.96. The van der Waals surface area contributed by atoms with Gasteiger partial charge in [-0.3, -0.25) is 14.9 Å². The fourth-order valence-corrected chi connectivity index (χ4v) is 2.61. The first-order chi connectivity index (χ1) is 10.3. The van der Waals surface area contributed by atoms with Crippen LogP contribution in [0.5, 0.6) is 0 Å². The van der Waals surface area contributed by atoms with Crippen molar-refractivity contribution in [3.8, 4) is 11.3 Å². The van der Waals surface area contributed by atoms with Crippen molar-refractivity contribution in [2.24, 2.45) is 0 Å². The summed E-state index contributed by atoms with van der Waals surface area (Å²) in [5.41, 5.74) is 3.43. The van der Waals surface area contributed by atoms with Crippen molar-refractivity contribution < 1.29 is 4.79 Å². The van der Waals surface area contributed by atoms with Gasteiger partial charge in [-0.25, -0.2) is 0 Å². The molecule has 0 bridgehead atoms. The summed E-state index contributed by atoms with van der Waals surface area (Å²) in [5, 5.41) is 13.8. The number of thiophene rings is 1. The molecule has 0 saturated carbocycles. The summed E-state index contributed by atoms with van der Waals surface area (Å²) >= 11 is 1.60. The molecule has 0 spiro atoms. The van der Waals surface area contributed by atoms with Crippen molar-refractivity contribution >= 4 is 17.2 Å². The van der Waals surface area contributed by atoms with Gasteiger partial charge in [0, 0.05) is 29.9 Å². The van der Waals surface area contributed by atoms with Crippen LogP contribution in [0.25, 0.3) is 11.3 Å². The van der Waals surface area contributed by atoms with Gasteiger partial charge in [0.1, 0.15) is 5.69 Å². The number of hydrogen-bond donors (Lipinski definition) is 2. The Balaban J connectivity index is 1.56. The van der Waals surface area contributed by atoms with E-state index in [-0.39, 0.29) is 5.91 Å². The fraction of sp³-hybridized carbons (Fsp3) is 0.133. The molecular formula is C15H14N4OS. The number of carbonyl (C=O) groups excluding carboxylic acids is 1. The van der Waals surface area contributed by atoms with Gasteiger partial charge in [0.05, 0.1) is 5.69 Å². The van der Waals surface area contributed by atoms with Crippen LogP contribution in [-0.2, 0) is 6.42 Å². The first-order valence-corrected chi connectivity index (χ1v) is 7.52. The van der Waals surface area contributed by atoms with Gasteiger partial charge in [-0.2, -0.15) is 16.4 Å². The Bertz CT molecular complexity index is 706. The average molecular weight is 298 g/mol. The molecular weight excluding hydrogens is 284 g/mol. The van der Waals surface area contributed by atoms with E-state index in [0.29, 0.717) is 12.2 Å². The summed E-state index contributed by atoms with van der Waals surface area (Å²) < 4.78 is 0. The highest BCUT2D eigenvalue weighted by Crippen LogP contribution is 2.20. The molecule has 0 atom stereocenters. The van der Waals surface area contributed by atoms with Gasteiger partial charge in [-0.1, -0.05) is 0 Å². The van der Waals surface area contributed by atoms with Crippen LogP contribution in [0.1, 0.15) is 16.1 Å². The summed E-state index contributed by atoms with van der Waals surface area (Å²) in [5.74, 6) is -0.141. The summed E-state index contributed by atoms with van der Waals surface area (Å²) in [6, 6.07) is 7.63. The van der Waals surface area contributed by atoms with E-state index in [1.165, 1.54) is 0 Å². The molecule has 0 fully saturated rings. The van der Waals surface area contributed by atoms with Crippen LogP contribution in [0.4, 0.5) is 0 Å². The van der Waals surface area contributed by atoms with Crippen molar-refractivity contribution in [3.63, 3.8) is 0 Å². The second-order valence-corrected chi connectivity index (χ2v) is 5.32. The minimum atomic E-state index is -0.141. The predicted octanol–water partition coefficient (Wildman–Crippen LogP) is 2.51. The van der Waals surface area contributed by atoms with Crippen LogP contribution >= 0.6 is 11.3 Å². The normalized spacial score (nSPS) is 10.5. The van der Waals surface area contributed by atoms with Crippen molar-refractivity contribution in [2.75, 3.05) is 6.54 Å². The second-order valence-electron chi connectivity index (χ2n) is 4.54. The van der Waals surface area contributed by atoms with E-state index in [1.54, 1.807) is 29.8 Å². The third-order valence-electron chi connectivity index (χ3n) is 3.09. The molecule has 0 aliphatic carbocycles.